The molecule has 1 aliphatic rings. The lowest BCUT2D eigenvalue weighted by Gasteiger charge is -2.32. The number of anilines is 1. The second kappa shape index (κ2) is 7.75. The third kappa shape index (κ3) is 4.09. The Morgan fingerprint density at radius 3 is 3.15 bits per heavy atom. The van der Waals surface area contributed by atoms with E-state index in [1.165, 1.54) is 0 Å². The van der Waals surface area contributed by atoms with Crippen LogP contribution in [-0.4, -0.2) is 44.7 Å². The van der Waals surface area contributed by atoms with E-state index in [1.807, 2.05) is 46.8 Å². The van der Waals surface area contributed by atoms with Crippen LogP contribution in [0, 0.1) is 0 Å². The van der Waals surface area contributed by atoms with Crippen LogP contribution in [0.4, 0.5) is 10.5 Å². The maximum atomic E-state index is 12.7. The molecule has 0 spiro atoms. The summed E-state index contributed by atoms with van der Waals surface area (Å²) in [6.45, 7) is 1.85. The average Bonchev–Trinajstić information content (AvgIpc) is 3.07. The van der Waals surface area contributed by atoms with E-state index in [2.05, 4.69) is 15.3 Å². The number of ether oxygens (including phenoxy) is 1. The molecule has 3 aromatic rings. The number of fused-ring (bicyclic) bond motifs is 1. The molecule has 1 aliphatic heterocycles. The number of pyridine rings is 1. The lowest BCUT2D eigenvalue weighted by atomic mass is 10.1. The summed E-state index contributed by atoms with van der Waals surface area (Å²) in [4.78, 5) is 22.9. The van der Waals surface area contributed by atoms with Gasteiger partial charge in [0.05, 0.1) is 30.1 Å². The maximum absolute atomic E-state index is 12.7. The zero-order valence-corrected chi connectivity index (χ0v) is 15.3. The van der Waals surface area contributed by atoms with Crippen LogP contribution in [0.2, 0.25) is 0 Å². The summed E-state index contributed by atoms with van der Waals surface area (Å²) in [5, 5.41) is 2.98. The first kappa shape index (κ1) is 17.5. The highest BCUT2D eigenvalue weighted by molar-refractivity contribution is 5.92. The number of hydrogen-bond acceptors (Lipinski definition) is 4. The molecule has 1 saturated heterocycles. The number of hydrogen-bond donors (Lipinski definition) is 1. The second-order valence-electron chi connectivity index (χ2n) is 6.87. The topological polar surface area (TPSA) is 72.3 Å². The fraction of sp³-hybridized carbons (Fsp3) is 0.350. The molecule has 3 heterocycles. The number of rotatable bonds is 4. The maximum Gasteiger partial charge on any atom is 0.321 e. The van der Waals surface area contributed by atoms with Crippen molar-refractivity contribution in [3.05, 3.63) is 54.6 Å². The van der Waals surface area contributed by atoms with Crippen LogP contribution in [0.1, 0.15) is 18.4 Å². The number of amides is 2. The van der Waals surface area contributed by atoms with Gasteiger partial charge in [-0.3, -0.25) is 4.98 Å². The summed E-state index contributed by atoms with van der Waals surface area (Å²) in [6, 6.07) is 9.57. The van der Waals surface area contributed by atoms with Gasteiger partial charge in [-0.05, 0) is 42.7 Å². The molecule has 1 N–H and O–H groups in total. The van der Waals surface area contributed by atoms with Crippen LogP contribution in [0.15, 0.2) is 49.1 Å². The predicted molar refractivity (Wildman–Crippen MR) is 103 cm³/mol. The van der Waals surface area contributed by atoms with Gasteiger partial charge in [-0.25, -0.2) is 9.78 Å². The van der Waals surface area contributed by atoms with Gasteiger partial charge >= 0.3 is 6.03 Å². The van der Waals surface area contributed by atoms with E-state index in [9.17, 15) is 4.79 Å². The largest absolute Gasteiger partial charge is 0.372 e. The fourth-order valence-corrected chi connectivity index (χ4v) is 3.37. The van der Waals surface area contributed by atoms with Gasteiger partial charge in [0.25, 0.3) is 0 Å². The summed E-state index contributed by atoms with van der Waals surface area (Å²) >= 11 is 0. The molecule has 2 aromatic heterocycles. The number of urea groups is 1. The third-order valence-electron chi connectivity index (χ3n) is 4.85. The first-order valence-electron chi connectivity index (χ1n) is 9.16. The zero-order valence-electron chi connectivity index (χ0n) is 15.3. The smallest absolute Gasteiger partial charge is 0.321 e. The number of aryl methyl sites for hydroxylation is 1. The van der Waals surface area contributed by atoms with Crippen molar-refractivity contribution in [2.45, 2.75) is 25.6 Å². The number of likely N-dealkylation sites (tertiary alicyclic amines) is 1. The molecule has 4 rings (SSSR count). The van der Waals surface area contributed by atoms with E-state index >= 15 is 0 Å². The number of aromatic nitrogens is 3. The second-order valence-corrected chi connectivity index (χ2v) is 6.87. The van der Waals surface area contributed by atoms with Gasteiger partial charge in [-0.1, -0.05) is 6.07 Å². The predicted octanol–water partition coefficient (Wildman–Crippen LogP) is 3.18. The molecule has 1 atom stereocenters. The van der Waals surface area contributed by atoms with Crippen molar-refractivity contribution in [1.29, 1.82) is 0 Å². The SMILES string of the molecule is Cn1cnc2cc(NC(=O)N3CCC[C@H](OCc4cccnc4)C3)ccc21. The highest BCUT2D eigenvalue weighted by atomic mass is 16.5. The number of nitrogens with one attached hydrogen (secondary N) is 1. The Kier molecular flexibility index (Phi) is 5.02. The number of carbonyl (C=O) groups is 1. The molecule has 2 amide bonds. The Hall–Kier alpha value is -2.93. The van der Waals surface area contributed by atoms with Crippen LogP contribution < -0.4 is 5.32 Å². The number of nitrogens with zero attached hydrogens (tertiary/aromatic N) is 4. The Balaban J connectivity index is 1.34. The molecule has 140 valence electrons. The van der Waals surface area contributed by atoms with Crippen LogP contribution in [0.3, 0.4) is 0 Å². The summed E-state index contributed by atoms with van der Waals surface area (Å²) in [6.07, 6.45) is 7.27. The van der Waals surface area contributed by atoms with E-state index < -0.39 is 0 Å². The minimum Gasteiger partial charge on any atom is -0.372 e. The first-order chi connectivity index (χ1) is 13.2. The van der Waals surface area contributed by atoms with Crippen molar-refractivity contribution in [3.63, 3.8) is 0 Å². The van der Waals surface area contributed by atoms with Crippen LogP contribution in [0.5, 0.6) is 0 Å². The van der Waals surface area contributed by atoms with E-state index in [-0.39, 0.29) is 12.1 Å². The lowest BCUT2D eigenvalue weighted by molar-refractivity contribution is 0.000916. The van der Waals surface area contributed by atoms with Crippen molar-refractivity contribution < 1.29 is 9.53 Å². The van der Waals surface area contributed by atoms with Crippen molar-refractivity contribution in [1.82, 2.24) is 19.4 Å². The van der Waals surface area contributed by atoms with Crippen molar-refractivity contribution >= 4 is 22.8 Å². The summed E-state index contributed by atoms with van der Waals surface area (Å²) < 4.78 is 7.94. The Bertz CT molecular complexity index is 925. The summed E-state index contributed by atoms with van der Waals surface area (Å²) in [5.74, 6) is 0. The monoisotopic (exact) mass is 365 g/mol. The minimum absolute atomic E-state index is 0.0444. The number of benzene rings is 1. The van der Waals surface area contributed by atoms with Gasteiger partial charge in [-0.2, -0.15) is 0 Å². The Labute approximate surface area is 158 Å². The summed E-state index contributed by atoms with van der Waals surface area (Å²) in [7, 11) is 1.95. The number of piperidine rings is 1. The van der Waals surface area contributed by atoms with Crippen LogP contribution in [-0.2, 0) is 18.4 Å². The molecule has 0 bridgehead atoms. The third-order valence-corrected chi connectivity index (χ3v) is 4.85. The molecule has 1 aromatic carbocycles. The zero-order chi connectivity index (χ0) is 18.6. The van der Waals surface area contributed by atoms with E-state index in [0.29, 0.717) is 13.2 Å². The first-order valence-corrected chi connectivity index (χ1v) is 9.16. The molecule has 0 aliphatic carbocycles. The van der Waals surface area contributed by atoms with Gasteiger partial charge in [0.15, 0.2) is 0 Å². The normalized spacial score (nSPS) is 17.2. The molecular weight excluding hydrogens is 342 g/mol. The van der Waals surface area contributed by atoms with Crippen LogP contribution in [0.25, 0.3) is 11.0 Å². The minimum atomic E-state index is -0.0973. The van der Waals surface area contributed by atoms with E-state index in [1.54, 1.807) is 18.7 Å². The van der Waals surface area contributed by atoms with Crippen LogP contribution >= 0.6 is 0 Å². The van der Waals surface area contributed by atoms with Gasteiger partial charge in [0.2, 0.25) is 0 Å². The van der Waals surface area contributed by atoms with Crippen molar-refractivity contribution in [3.8, 4) is 0 Å². The quantitative estimate of drug-likeness (QED) is 0.771. The average molecular weight is 365 g/mol. The van der Waals surface area contributed by atoms with E-state index in [0.717, 1.165) is 41.7 Å². The molecule has 27 heavy (non-hydrogen) atoms. The molecule has 7 heteroatoms. The van der Waals surface area contributed by atoms with Gasteiger partial charge in [0.1, 0.15) is 0 Å². The standard InChI is InChI=1S/C20H23N5O2/c1-24-14-22-18-10-16(6-7-19(18)24)23-20(26)25-9-3-5-17(12-25)27-13-15-4-2-8-21-11-15/h2,4,6-8,10-11,14,17H,3,5,9,12-13H2,1H3,(H,23,26)/t17-/m0/s1. The highest BCUT2D eigenvalue weighted by Crippen LogP contribution is 2.20. The van der Waals surface area contributed by atoms with Gasteiger partial charge in [-0.15, -0.1) is 0 Å². The van der Waals surface area contributed by atoms with Gasteiger partial charge < -0.3 is 19.5 Å². The Morgan fingerprint density at radius 2 is 2.30 bits per heavy atom. The molecule has 1 fully saturated rings. The molecule has 0 unspecified atom stereocenters. The fourth-order valence-electron chi connectivity index (χ4n) is 3.37. The Morgan fingerprint density at radius 1 is 1.37 bits per heavy atom. The van der Waals surface area contributed by atoms with Gasteiger partial charge in [0, 0.05) is 38.2 Å². The highest BCUT2D eigenvalue weighted by Gasteiger charge is 2.24. The number of imidazole rings is 1. The molecule has 0 saturated carbocycles. The van der Waals surface area contributed by atoms with Crippen molar-refractivity contribution in [2.24, 2.45) is 7.05 Å². The summed E-state index contributed by atoms with van der Waals surface area (Å²) in [5.41, 5.74) is 3.70. The lowest BCUT2D eigenvalue weighted by Crippen LogP contribution is -2.45. The number of carbonyl (C=O) groups excluding carboxylic acids is 1. The van der Waals surface area contributed by atoms with Crippen molar-refractivity contribution in [2.75, 3.05) is 18.4 Å². The molecule has 0 radical (unpaired) electrons. The molecule has 7 nitrogen and oxygen atoms in total. The molecular formula is C20H23N5O2. The van der Waals surface area contributed by atoms with E-state index in [4.69, 9.17) is 4.74 Å².